The molecule has 17 heavy (non-hydrogen) atoms. The van der Waals surface area contributed by atoms with Crippen molar-refractivity contribution in [1.29, 1.82) is 0 Å². The van der Waals surface area contributed by atoms with E-state index < -0.39 is 0 Å². The molecule has 2 aliphatic carbocycles. The highest BCUT2D eigenvalue weighted by atomic mass is 14.6. The number of allylic oxidation sites excluding steroid dienone is 6. The van der Waals surface area contributed by atoms with Crippen molar-refractivity contribution in [2.45, 2.75) is 5.92 Å². The topological polar surface area (TPSA) is 52.0 Å². The van der Waals surface area contributed by atoms with Crippen molar-refractivity contribution in [3.8, 4) is 0 Å². The number of benzene rings is 1. The van der Waals surface area contributed by atoms with Gasteiger partial charge in [-0.15, -0.1) is 0 Å². The van der Waals surface area contributed by atoms with Gasteiger partial charge in [0.1, 0.15) is 0 Å². The van der Waals surface area contributed by atoms with Gasteiger partial charge in [0.2, 0.25) is 0 Å². The van der Waals surface area contributed by atoms with Crippen molar-refractivity contribution in [3.05, 3.63) is 71.3 Å². The lowest BCUT2D eigenvalue weighted by Crippen LogP contribution is -2.11. The molecule has 0 spiro atoms. The summed E-state index contributed by atoms with van der Waals surface area (Å²) in [6.07, 6.45) is 8.86. The summed E-state index contributed by atoms with van der Waals surface area (Å²) >= 11 is 0. The van der Waals surface area contributed by atoms with Gasteiger partial charge < -0.3 is 11.5 Å². The van der Waals surface area contributed by atoms with E-state index in [2.05, 4.69) is 54.6 Å². The van der Waals surface area contributed by atoms with E-state index >= 15 is 0 Å². The summed E-state index contributed by atoms with van der Waals surface area (Å²) in [5.74, 6) is 0.529. The molecule has 0 fully saturated rings. The van der Waals surface area contributed by atoms with E-state index in [-0.39, 0.29) is 0 Å². The fourth-order valence-electron chi connectivity index (χ4n) is 2.10. The lowest BCUT2D eigenvalue weighted by molar-refractivity contribution is 0.976. The predicted octanol–water partition coefficient (Wildman–Crippen LogP) is 2.11. The number of rotatable bonds is 2. The van der Waals surface area contributed by atoms with Gasteiger partial charge in [0, 0.05) is 19.0 Å². The Balaban J connectivity index is 0.000000239. The average Bonchev–Trinajstić information content (AvgIpc) is 3.00. The first-order valence-electron chi connectivity index (χ1n) is 5.91. The Morgan fingerprint density at radius 3 is 1.76 bits per heavy atom. The van der Waals surface area contributed by atoms with Crippen molar-refractivity contribution in [2.75, 3.05) is 13.1 Å². The molecular formula is C15H18N2. The van der Waals surface area contributed by atoms with Crippen LogP contribution < -0.4 is 11.5 Å². The summed E-state index contributed by atoms with van der Waals surface area (Å²) in [6, 6.07) is 10.7. The number of hydrogen-bond acceptors (Lipinski definition) is 2. The van der Waals surface area contributed by atoms with Crippen LogP contribution in [0.3, 0.4) is 0 Å². The van der Waals surface area contributed by atoms with Gasteiger partial charge in [-0.3, -0.25) is 0 Å². The SMILES string of the molecule is C1=CC2=CC=C1C2c1ccccc1.NCCN. The normalized spacial score (nSPS) is 16.4. The predicted molar refractivity (Wildman–Crippen MR) is 72.6 cm³/mol. The maximum atomic E-state index is 4.90. The van der Waals surface area contributed by atoms with Crippen LogP contribution in [-0.4, -0.2) is 13.1 Å². The molecule has 0 unspecified atom stereocenters. The van der Waals surface area contributed by atoms with Crippen LogP contribution in [-0.2, 0) is 0 Å². The van der Waals surface area contributed by atoms with Crippen LogP contribution in [0.2, 0.25) is 0 Å². The Morgan fingerprint density at radius 1 is 0.824 bits per heavy atom. The van der Waals surface area contributed by atoms with E-state index in [0.717, 1.165) is 0 Å². The summed E-state index contributed by atoms with van der Waals surface area (Å²) in [5.41, 5.74) is 14.1. The average molecular weight is 226 g/mol. The summed E-state index contributed by atoms with van der Waals surface area (Å²) < 4.78 is 0. The quantitative estimate of drug-likeness (QED) is 0.811. The summed E-state index contributed by atoms with van der Waals surface area (Å²) in [4.78, 5) is 0. The maximum Gasteiger partial charge on any atom is 0.0339 e. The standard InChI is InChI=1S/C13H10.C2H8N2/c1-2-4-10(5-3-1)13-11-6-7-12(13)9-8-11;3-1-2-4/h1-9,13H;1-4H2. The number of fused-ring (bicyclic) bond motifs is 2. The smallest absolute Gasteiger partial charge is 0.0339 e. The first-order valence-corrected chi connectivity index (χ1v) is 5.91. The van der Waals surface area contributed by atoms with Crippen molar-refractivity contribution >= 4 is 0 Å². The lowest BCUT2D eigenvalue weighted by Gasteiger charge is -2.10. The zero-order chi connectivity index (χ0) is 12.1. The molecular weight excluding hydrogens is 208 g/mol. The molecule has 0 saturated carbocycles. The summed E-state index contributed by atoms with van der Waals surface area (Å²) in [7, 11) is 0. The fourth-order valence-corrected chi connectivity index (χ4v) is 2.10. The third-order valence-electron chi connectivity index (χ3n) is 2.90. The number of hydrogen-bond donors (Lipinski definition) is 2. The summed E-state index contributed by atoms with van der Waals surface area (Å²) in [6.45, 7) is 1.19. The zero-order valence-corrected chi connectivity index (χ0v) is 9.84. The van der Waals surface area contributed by atoms with Crippen LogP contribution in [0, 0.1) is 0 Å². The molecule has 0 atom stereocenters. The van der Waals surface area contributed by atoms with Crippen LogP contribution in [0.4, 0.5) is 0 Å². The van der Waals surface area contributed by atoms with Gasteiger partial charge in [-0.25, -0.2) is 0 Å². The minimum absolute atomic E-state index is 0.529. The Morgan fingerprint density at radius 2 is 1.35 bits per heavy atom. The second kappa shape index (κ2) is 5.62. The molecule has 0 aromatic heterocycles. The van der Waals surface area contributed by atoms with Crippen molar-refractivity contribution in [3.63, 3.8) is 0 Å². The molecule has 0 radical (unpaired) electrons. The Hall–Kier alpha value is -1.64. The van der Waals surface area contributed by atoms with E-state index in [9.17, 15) is 0 Å². The molecule has 0 saturated heterocycles. The Labute approximate surface area is 102 Å². The van der Waals surface area contributed by atoms with E-state index in [1.807, 2.05) is 0 Å². The minimum Gasteiger partial charge on any atom is -0.329 e. The largest absolute Gasteiger partial charge is 0.329 e. The second-order valence-electron chi connectivity index (χ2n) is 4.09. The monoisotopic (exact) mass is 226 g/mol. The van der Waals surface area contributed by atoms with Crippen molar-refractivity contribution in [2.24, 2.45) is 11.5 Å². The molecule has 1 aromatic carbocycles. The van der Waals surface area contributed by atoms with Crippen LogP contribution in [0.15, 0.2) is 65.8 Å². The highest BCUT2D eigenvalue weighted by Crippen LogP contribution is 2.42. The van der Waals surface area contributed by atoms with Gasteiger partial charge in [-0.2, -0.15) is 0 Å². The van der Waals surface area contributed by atoms with Crippen LogP contribution in [0.25, 0.3) is 0 Å². The van der Waals surface area contributed by atoms with Crippen LogP contribution in [0.1, 0.15) is 11.5 Å². The van der Waals surface area contributed by atoms with E-state index in [1.54, 1.807) is 0 Å². The van der Waals surface area contributed by atoms with Gasteiger partial charge in [-0.1, -0.05) is 54.6 Å². The highest BCUT2D eigenvalue weighted by molar-refractivity contribution is 5.60. The fraction of sp³-hybridized carbons (Fsp3) is 0.200. The third kappa shape index (κ3) is 2.54. The summed E-state index contributed by atoms with van der Waals surface area (Å²) in [5, 5.41) is 0. The second-order valence-corrected chi connectivity index (χ2v) is 4.09. The van der Waals surface area contributed by atoms with E-state index in [4.69, 9.17) is 11.5 Å². The molecule has 88 valence electrons. The van der Waals surface area contributed by atoms with Crippen molar-refractivity contribution < 1.29 is 0 Å². The molecule has 0 aliphatic heterocycles. The Bertz CT molecular complexity index is 431. The number of nitrogens with two attached hydrogens (primary N) is 2. The van der Waals surface area contributed by atoms with Gasteiger partial charge in [-0.05, 0) is 16.7 Å². The molecule has 3 rings (SSSR count). The van der Waals surface area contributed by atoms with Gasteiger partial charge in [0.05, 0.1) is 0 Å². The Kier molecular flexibility index (Phi) is 3.91. The zero-order valence-electron chi connectivity index (χ0n) is 9.84. The molecule has 2 heteroatoms. The maximum absolute atomic E-state index is 4.90. The lowest BCUT2D eigenvalue weighted by atomic mass is 9.93. The first kappa shape index (κ1) is 11.8. The molecule has 0 amide bonds. The van der Waals surface area contributed by atoms with Crippen LogP contribution >= 0.6 is 0 Å². The first-order chi connectivity index (χ1) is 8.36. The van der Waals surface area contributed by atoms with Gasteiger partial charge in [0.15, 0.2) is 0 Å². The minimum atomic E-state index is 0.529. The van der Waals surface area contributed by atoms with Gasteiger partial charge >= 0.3 is 0 Å². The van der Waals surface area contributed by atoms with E-state index in [1.165, 1.54) is 16.7 Å². The molecule has 2 bridgehead atoms. The highest BCUT2D eigenvalue weighted by Gasteiger charge is 2.25. The van der Waals surface area contributed by atoms with Gasteiger partial charge in [0.25, 0.3) is 0 Å². The molecule has 2 nitrogen and oxygen atoms in total. The molecule has 1 aromatic rings. The van der Waals surface area contributed by atoms with E-state index in [0.29, 0.717) is 19.0 Å². The van der Waals surface area contributed by atoms with Crippen LogP contribution in [0.5, 0.6) is 0 Å². The third-order valence-corrected chi connectivity index (χ3v) is 2.90. The molecule has 2 aliphatic rings. The molecule has 0 heterocycles. The molecule has 4 N–H and O–H groups in total. The van der Waals surface area contributed by atoms with Crippen molar-refractivity contribution in [1.82, 2.24) is 0 Å².